The summed E-state index contributed by atoms with van der Waals surface area (Å²) in [4.78, 5) is 0. The Balaban J connectivity index is 5.48. The quantitative estimate of drug-likeness (QED) is 0.374. The van der Waals surface area contributed by atoms with Crippen molar-refractivity contribution in [3.05, 3.63) is 0 Å². The van der Waals surface area contributed by atoms with Crippen molar-refractivity contribution in [2.45, 2.75) is 62.7 Å². The molecule has 0 saturated carbocycles. The summed E-state index contributed by atoms with van der Waals surface area (Å²) in [5.41, 5.74) is -2.32. The van der Waals surface area contributed by atoms with E-state index in [1.165, 1.54) is 0 Å². The van der Waals surface area contributed by atoms with E-state index >= 15 is 0 Å². The van der Waals surface area contributed by atoms with E-state index in [-0.39, 0.29) is 0 Å². The van der Waals surface area contributed by atoms with Gasteiger partial charge in [0.15, 0.2) is 0 Å². The monoisotopic (exact) mass is 409 g/mol. The summed E-state index contributed by atoms with van der Waals surface area (Å²) in [5, 5.41) is 0. The largest absolute Gasteiger partial charge is 0.577 e. The van der Waals surface area contributed by atoms with Gasteiger partial charge in [-0.2, -0.15) is 39.5 Å². The molecule has 0 saturated heterocycles. The lowest BCUT2D eigenvalue weighted by atomic mass is 9.87. The zero-order chi connectivity index (χ0) is 19.9. The Kier molecular flexibility index (Phi) is 9.22. The minimum Gasteiger partial charge on any atom is -0.375 e. The van der Waals surface area contributed by atoms with Crippen LogP contribution in [0.15, 0.2) is 0 Å². The molecule has 0 aromatic carbocycles. The Bertz CT molecular complexity index is 332. The van der Waals surface area contributed by atoms with E-state index in [0.717, 1.165) is 14.2 Å². The number of halogens is 9. The first-order valence-electron chi connectivity index (χ1n) is 6.96. The topological polar surface area (TPSA) is 27.7 Å². The van der Waals surface area contributed by atoms with Crippen molar-refractivity contribution in [2.24, 2.45) is 0 Å². The van der Waals surface area contributed by atoms with Crippen molar-refractivity contribution < 1.29 is 52.8 Å². The predicted molar refractivity (Wildman–Crippen MR) is 69.5 cm³/mol. The summed E-state index contributed by atoms with van der Waals surface area (Å²) in [6.45, 7) is 0. The zero-order valence-corrected chi connectivity index (χ0v) is 14.4. The van der Waals surface area contributed by atoms with Crippen molar-refractivity contribution in [3.63, 3.8) is 0 Å². The molecule has 0 atom stereocenters. The molecule has 0 aromatic rings. The maximum atomic E-state index is 12.5. The number of hydrogen-bond acceptors (Lipinski definition) is 3. The Morgan fingerprint density at radius 3 is 1.04 bits per heavy atom. The normalized spacial score (nSPS) is 14.4. The second kappa shape index (κ2) is 9.42. The fraction of sp³-hybridized carbons (Fsp3) is 1.00. The third-order valence-electron chi connectivity index (χ3n) is 3.23. The first-order chi connectivity index (χ1) is 11.1. The van der Waals surface area contributed by atoms with Gasteiger partial charge >= 0.3 is 28.1 Å². The van der Waals surface area contributed by atoms with Crippen LogP contribution in [0.4, 0.5) is 39.5 Å². The van der Waals surface area contributed by atoms with Gasteiger partial charge in [-0.25, -0.2) is 0 Å². The molecule has 0 spiro atoms. The number of rotatable bonds is 10. The molecule has 25 heavy (non-hydrogen) atoms. The maximum Gasteiger partial charge on any atom is 0.577 e. The third-order valence-corrected chi connectivity index (χ3v) is 4.49. The molecule has 0 aromatic heterocycles. The lowest BCUT2D eigenvalue weighted by Crippen LogP contribution is -2.43. The van der Waals surface area contributed by atoms with Gasteiger partial charge < -0.3 is 13.3 Å². The van der Waals surface area contributed by atoms with Crippen LogP contribution in [0.25, 0.3) is 0 Å². The van der Waals surface area contributed by atoms with Gasteiger partial charge in [-0.3, -0.25) is 0 Å². The average molecular weight is 409 g/mol. The molecule has 0 rings (SSSR count). The van der Waals surface area contributed by atoms with E-state index in [9.17, 15) is 39.5 Å². The highest BCUT2D eigenvalue weighted by atomic mass is 28.3. The SMILES string of the molecule is CO[Si](OC)OC(CCC(F)(F)F)(CCC(F)(F)F)CCC(F)(F)F. The van der Waals surface area contributed by atoms with Crippen molar-refractivity contribution in [3.8, 4) is 0 Å². The Morgan fingerprint density at radius 1 is 0.560 bits per heavy atom. The molecule has 0 unspecified atom stereocenters. The fourth-order valence-electron chi connectivity index (χ4n) is 1.98. The van der Waals surface area contributed by atoms with Crippen LogP contribution >= 0.6 is 0 Å². The predicted octanol–water partition coefficient (Wildman–Crippen LogP) is 5.05. The minimum atomic E-state index is -4.77. The molecule has 0 amide bonds. The summed E-state index contributed by atoms with van der Waals surface area (Å²) in [5.74, 6) is 0. The molecule has 0 aliphatic rings. The molecule has 0 fully saturated rings. The molecule has 0 aliphatic carbocycles. The van der Waals surface area contributed by atoms with Gasteiger partial charge in [0.2, 0.25) is 0 Å². The molecule has 0 heterocycles. The summed E-state index contributed by atoms with van der Waals surface area (Å²) in [6.07, 6.45) is -22.3. The molecule has 151 valence electrons. The van der Waals surface area contributed by atoms with Crippen LogP contribution in [-0.4, -0.2) is 47.9 Å². The summed E-state index contributed by atoms with van der Waals surface area (Å²) in [6, 6.07) is 0. The van der Waals surface area contributed by atoms with Crippen LogP contribution in [0.1, 0.15) is 38.5 Å². The summed E-state index contributed by atoms with van der Waals surface area (Å²) >= 11 is 0. The van der Waals surface area contributed by atoms with Crippen LogP contribution in [0, 0.1) is 0 Å². The van der Waals surface area contributed by atoms with Gasteiger partial charge in [0.05, 0.1) is 5.60 Å². The van der Waals surface area contributed by atoms with Crippen molar-refractivity contribution in [1.82, 2.24) is 0 Å². The molecule has 0 aliphatic heterocycles. The maximum absolute atomic E-state index is 12.5. The molecular formula is C12H18F9O3Si. The molecule has 0 bridgehead atoms. The van der Waals surface area contributed by atoms with Crippen molar-refractivity contribution in [2.75, 3.05) is 14.2 Å². The van der Waals surface area contributed by atoms with Crippen molar-refractivity contribution >= 4 is 9.53 Å². The van der Waals surface area contributed by atoms with E-state index in [1.807, 2.05) is 0 Å². The Morgan fingerprint density at radius 2 is 0.840 bits per heavy atom. The van der Waals surface area contributed by atoms with Crippen LogP contribution in [0.5, 0.6) is 0 Å². The van der Waals surface area contributed by atoms with E-state index in [2.05, 4.69) is 8.85 Å². The average Bonchev–Trinajstić information content (AvgIpc) is 2.43. The summed E-state index contributed by atoms with van der Waals surface area (Å²) < 4.78 is 127. The first-order valence-corrected chi connectivity index (χ1v) is 8.18. The third kappa shape index (κ3) is 12.5. The number of hydrogen-bond donors (Lipinski definition) is 0. The molecular weight excluding hydrogens is 391 g/mol. The Hall–Kier alpha value is -0.533. The van der Waals surface area contributed by atoms with Gasteiger partial charge in [0.25, 0.3) is 0 Å². The fourth-order valence-corrected chi connectivity index (χ4v) is 2.97. The molecule has 1 radical (unpaired) electrons. The summed E-state index contributed by atoms with van der Waals surface area (Å²) in [7, 11) is -0.727. The molecule has 0 N–H and O–H groups in total. The molecule has 3 nitrogen and oxygen atoms in total. The van der Waals surface area contributed by atoms with Crippen molar-refractivity contribution in [1.29, 1.82) is 0 Å². The van der Waals surface area contributed by atoms with Crippen LogP contribution in [0.3, 0.4) is 0 Å². The van der Waals surface area contributed by atoms with E-state index in [0.29, 0.717) is 0 Å². The highest BCUT2D eigenvalue weighted by Crippen LogP contribution is 2.40. The van der Waals surface area contributed by atoms with Gasteiger partial charge in [0.1, 0.15) is 0 Å². The minimum absolute atomic E-state index is 1.03. The molecule has 13 heteroatoms. The van der Waals surface area contributed by atoms with Gasteiger partial charge in [-0.15, -0.1) is 0 Å². The van der Waals surface area contributed by atoms with Gasteiger partial charge in [0, 0.05) is 33.5 Å². The lowest BCUT2D eigenvalue weighted by molar-refractivity contribution is -0.172. The van der Waals surface area contributed by atoms with Crippen LogP contribution in [-0.2, 0) is 13.3 Å². The zero-order valence-electron chi connectivity index (χ0n) is 13.4. The second-order valence-corrected chi connectivity index (χ2v) is 6.81. The second-order valence-electron chi connectivity index (χ2n) is 5.29. The van der Waals surface area contributed by atoms with E-state index in [4.69, 9.17) is 4.43 Å². The van der Waals surface area contributed by atoms with Crippen LogP contribution in [0.2, 0.25) is 0 Å². The van der Waals surface area contributed by atoms with E-state index in [1.54, 1.807) is 0 Å². The Labute approximate surface area is 140 Å². The lowest BCUT2D eigenvalue weighted by Gasteiger charge is -2.36. The number of alkyl halides is 9. The van der Waals surface area contributed by atoms with Gasteiger partial charge in [-0.1, -0.05) is 0 Å². The van der Waals surface area contributed by atoms with Crippen LogP contribution < -0.4 is 0 Å². The van der Waals surface area contributed by atoms with E-state index < -0.39 is 72.2 Å². The van der Waals surface area contributed by atoms with Gasteiger partial charge in [-0.05, 0) is 19.3 Å². The first kappa shape index (κ1) is 24.5. The highest BCUT2D eigenvalue weighted by molar-refractivity contribution is 6.36. The smallest absolute Gasteiger partial charge is 0.375 e. The standard InChI is InChI=1S/C12H18F9O3Si/c1-22-25(23-2)24-9(3-6-10(13,14)15,4-7-11(16,17)18)5-8-12(19,20)21/h3-8H2,1-2H3. The highest BCUT2D eigenvalue weighted by Gasteiger charge is 2.45.